The van der Waals surface area contributed by atoms with E-state index in [9.17, 15) is 13.5 Å². The van der Waals surface area contributed by atoms with Crippen LogP contribution < -0.4 is 9.47 Å². The third-order valence-electron chi connectivity index (χ3n) is 3.55. The molecule has 6 nitrogen and oxygen atoms in total. The van der Waals surface area contributed by atoms with Crippen LogP contribution in [0.5, 0.6) is 11.5 Å². The number of hydrogen-bond donors (Lipinski definition) is 1. The number of hydrogen-bond acceptors (Lipinski definition) is 7. The van der Waals surface area contributed by atoms with Crippen LogP contribution in [-0.2, 0) is 14.3 Å². The zero-order chi connectivity index (χ0) is 19.2. The molecule has 0 fully saturated rings. The number of para-hydroxylation sites is 1. The second-order valence-corrected chi connectivity index (χ2v) is 8.37. The van der Waals surface area contributed by atoms with Crippen molar-refractivity contribution in [3.05, 3.63) is 54.1 Å². The summed E-state index contributed by atoms with van der Waals surface area (Å²) in [6.45, 7) is -0.349. The predicted octanol–water partition coefficient (Wildman–Crippen LogP) is 2.87. The second-order valence-electron chi connectivity index (χ2n) is 5.52. The number of aliphatic hydroxyl groups excluding tert-OH is 1. The van der Waals surface area contributed by atoms with E-state index >= 15 is 0 Å². The lowest BCUT2D eigenvalue weighted by Crippen LogP contribution is -2.24. The largest absolute Gasteiger partial charge is 0.497 e. The highest BCUT2D eigenvalue weighted by molar-refractivity contribution is 7.99. The third-order valence-corrected chi connectivity index (χ3v) is 5.46. The molecule has 0 amide bonds. The second kappa shape index (κ2) is 9.27. The summed E-state index contributed by atoms with van der Waals surface area (Å²) >= 11 is 1.37. The summed E-state index contributed by atoms with van der Waals surface area (Å²) in [5.74, 6) is 1.29. The molecule has 2 aromatic rings. The summed E-state index contributed by atoms with van der Waals surface area (Å²) in [7, 11) is -0.528. The van der Waals surface area contributed by atoms with Crippen LogP contribution in [0.2, 0.25) is 0 Å². The van der Waals surface area contributed by atoms with Gasteiger partial charge in [-0.1, -0.05) is 24.3 Å². The first-order valence-corrected chi connectivity index (χ1v) is 10.5. The minimum Gasteiger partial charge on any atom is -0.497 e. The zero-order valence-corrected chi connectivity index (χ0v) is 16.4. The summed E-state index contributed by atoms with van der Waals surface area (Å²) in [5, 5.41) is 10.1. The van der Waals surface area contributed by atoms with Crippen molar-refractivity contribution in [1.82, 2.24) is 0 Å². The van der Waals surface area contributed by atoms with Gasteiger partial charge in [0.1, 0.15) is 11.5 Å². The molecule has 26 heavy (non-hydrogen) atoms. The van der Waals surface area contributed by atoms with Gasteiger partial charge in [0.15, 0.2) is 0 Å². The van der Waals surface area contributed by atoms with Crippen LogP contribution in [-0.4, -0.2) is 46.7 Å². The van der Waals surface area contributed by atoms with Crippen LogP contribution in [0, 0.1) is 0 Å². The number of aliphatic hydroxyl groups is 1. The molecule has 0 saturated heterocycles. The summed E-state index contributed by atoms with van der Waals surface area (Å²) in [4.78, 5) is 0.860. The van der Waals surface area contributed by atoms with Gasteiger partial charge in [-0.15, -0.1) is 11.8 Å². The SMILES string of the molecule is COc1cccc(SC(c2ccccc2OC)C(O)COS(C)(=O)=O)c1. The number of benzene rings is 2. The standard InChI is InChI=1S/C18H22O6S2/c1-22-13-7-6-8-14(11-13)25-18(16(19)12-24-26(3,20)21)15-9-4-5-10-17(15)23-2/h4-11,16,18-19H,12H2,1-3H3. The van der Waals surface area contributed by atoms with Crippen LogP contribution in [0.25, 0.3) is 0 Å². The summed E-state index contributed by atoms with van der Waals surface area (Å²) in [6, 6.07) is 14.7. The molecule has 2 rings (SSSR count). The average molecular weight is 399 g/mol. The van der Waals surface area contributed by atoms with E-state index < -0.39 is 21.5 Å². The average Bonchev–Trinajstić information content (AvgIpc) is 2.63. The minimum atomic E-state index is -3.65. The maximum Gasteiger partial charge on any atom is 0.264 e. The van der Waals surface area contributed by atoms with Crippen molar-refractivity contribution in [2.45, 2.75) is 16.2 Å². The van der Waals surface area contributed by atoms with E-state index in [4.69, 9.17) is 13.7 Å². The molecule has 0 aromatic heterocycles. The van der Waals surface area contributed by atoms with Crippen molar-refractivity contribution in [1.29, 1.82) is 0 Å². The first-order chi connectivity index (χ1) is 12.3. The lowest BCUT2D eigenvalue weighted by atomic mass is 10.1. The third kappa shape index (κ3) is 5.91. The molecular weight excluding hydrogens is 376 g/mol. The Morgan fingerprint density at radius 2 is 1.81 bits per heavy atom. The van der Waals surface area contributed by atoms with Crippen LogP contribution in [0.1, 0.15) is 10.8 Å². The Hall–Kier alpha value is -1.74. The lowest BCUT2D eigenvalue weighted by molar-refractivity contribution is 0.108. The minimum absolute atomic E-state index is 0.349. The summed E-state index contributed by atoms with van der Waals surface area (Å²) in [5.41, 5.74) is 0.743. The van der Waals surface area contributed by atoms with Gasteiger partial charge in [-0.25, -0.2) is 0 Å². The van der Waals surface area contributed by atoms with Gasteiger partial charge in [-0.05, 0) is 24.3 Å². The summed E-state index contributed by atoms with van der Waals surface area (Å²) in [6.07, 6.45) is -0.121. The molecule has 0 aliphatic rings. The molecule has 0 radical (unpaired) electrons. The molecule has 0 aliphatic heterocycles. The zero-order valence-electron chi connectivity index (χ0n) is 14.8. The molecule has 0 saturated carbocycles. The molecule has 1 N–H and O–H groups in total. The van der Waals surface area contributed by atoms with Gasteiger partial charge in [0.05, 0.1) is 38.4 Å². The van der Waals surface area contributed by atoms with Crippen molar-refractivity contribution < 1.29 is 27.2 Å². The van der Waals surface area contributed by atoms with Gasteiger partial charge < -0.3 is 14.6 Å². The number of methoxy groups -OCH3 is 2. The lowest BCUT2D eigenvalue weighted by Gasteiger charge is -2.24. The highest BCUT2D eigenvalue weighted by Crippen LogP contribution is 2.42. The first-order valence-electron chi connectivity index (χ1n) is 7.80. The molecular formula is C18H22O6S2. The molecule has 2 aromatic carbocycles. The maximum atomic E-state index is 11.3. The summed E-state index contributed by atoms with van der Waals surface area (Å²) < 4.78 is 38.0. The van der Waals surface area contributed by atoms with Gasteiger partial charge in [0.25, 0.3) is 10.1 Å². The fourth-order valence-electron chi connectivity index (χ4n) is 2.35. The van der Waals surface area contributed by atoms with Crippen molar-refractivity contribution in [3.63, 3.8) is 0 Å². The van der Waals surface area contributed by atoms with Crippen molar-refractivity contribution >= 4 is 21.9 Å². The fourth-order valence-corrected chi connectivity index (χ4v) is 3.93. The van der Waals surface area contributed by atoms with E-state index in [0.29, 0.717) is 11.5 Å². The van der Waals surface area contributed by atoms with Crippen LogP contribution in [0.15, 0.2) is 53.4 Å². The molecule has 0 bridgehead atoms. The van der Waals surface area contributed by atoms with Gasteiger partial charge >= 0.3 is 0 Å². The highest BCUT2D eigenvalue weighted by Gasteiger charge is 2.27. The normalized spacial score (nSPS) is 13.8. The molecule has 0 heterocycles. The van der Waals surface area contributed by atoms with Crippen LogP contribution in [0.3, 0.4) is 0 Å². The Morgan fingerprint density at radius 1 is 1.08 bits per heavy atom. The van der Waals surface area contributed by atoms with E-state index in [1.807, 2.05) is 42.5 Å². The fraction of sp³-hybridized carbons (Fsp3) is 0.333. The van der Waals surface area contributed by atoms with E-state index in [1.54, 1.807) is 20.3 Å². The van der Waals surface area contributed by atoms with E-state index in [1.165, 1.54) is 11.8 Å². The molecule has 0 aliphatic carbocycles. The van der Waals surface area contributed by atoms with Gasteiger partial charge in [-0.2, -0.15) is 8.42 Å². The molecule has 8 heteroatoms. The van der Waals surface area contributed by atoms with Crippen molar-refractivity contribution in [2.75, 3.05) is 27.1 Å². The molecule has 2 unspecified atom stereocenters. The predicted molar refractivity (Wildman–Crippen MR) is 101 cm³/mol. The van der Waals surface area contributed by atoms with Crippen molar-refractivity contribution in [3.8, 4) is 11.5 Å². The van der Waals surface area contributed by atoms with Gasteiger partial charge in [-0.3, -0.25) is 4.18 Å². The Labute approximate surface area is 158 Å². The highest BCUT2D eigenvalue weighted by atomic mass is 32.2. The molecule has 2 atom stereocenters. The molecule has 142 valence electrons. The van der Waals surface area contributed by atoms with E-state index in [-0.39, 0.29) is 6.61 Å². The Kier molecular flexibility index (Phi) is 7.33. The Balaban J connectivity index is 2.34. The Morgan fingerprint density at radius 3 is 2.46 bits per heavy atom. The van der Waals surface area contributed by atoms with Crippen molar-refractivity contribution in [2.24, 2.45) is 0 Å². The van der Waals surface area contributed by atoms with E-state index in [0.717, 1.165) is 16.7 Å². The smallest absolute Gasteiger partial charge is 0.264 e. The Bertz CT molecular complexity index is 822. The number of ether oxygens (including phenoxy) is 2. The molecule has 0 spiro atoms. The number of rotatable bonds is 9. The van der Waals surface area contributed by atoms with Crippen LogP contribution >= 0.6 is 11.8 Å². The topological polar surface area (TPSA) is 82.1 Å². The van der Waals surface area contributed by atoms with Gasteiger partial charge in [0.2, 0.25) is 0 Å². The monoisotopic (exact) mass is 398 g/mol. The first kappa shape index (κ1) is 20.6. The number of thioether (sulfide) groups is 1. The maximum absolute atomic E-state index is 11.3. The van der Waals surface area contributed by atoms with Crippen LogP contribution in [0.4, 0.5) is 0 Å². The quantitative estimate of drug-likeness (QED) is 0.514. The van der Waals surface area contributed by atoms with Gasteiger partial charge in [0, 0.05) is 10.5 Å². The van der Waals surface area contributed by atoms with E-state index in [2.05, 4.69) is 0 Å².